The molecular weight excluding hydrogens is 388 g/mol. The topological polar surface area (TPSA) is 110 Å². The van der Waals surface area contributed by atoms with E-state index in [0.717, 1.165) is 0 Å². The minimum absolute atomic E-state index is 0.148. The highest BCUT2D eigenvalue weighted by molar-refractivity contribution is 6.09. The van der Waals surface area contributed by atoms with Crippen molar-refractivity contribution in [3.05, 3.63) is 59.7 Å². The van der Waals surface area contributed by atoms with Crippen LogP contribution < -0.4 is 10.1 Å². The van der Waals surface area contributed by atoms with Crippen molar-refractivity contribution in [2.45, 2.75) is 6.92 Å². The van der Waals surface area contributed by atoms with Gasteiger partial charge in [-0.15, -0.1) is 5.11 Å². The minimum Gasteiger partial charge on any atom is -0.484 e. The molecule has 158 valence electrons. The molecule has 0 aromatic heterocycles. The number of nitrogens with zero attached hydrogens (tertiary/aromatic N) is 3. The largest absolute Gasteiger partial charge is 0.484 e. The molecule has 2 rings (SSSR count). The molecule has 2 aromatic rings. The maximum absolute atomic E-state index is 12.6. The Balaban J connectivity index is 1.88. The third kappa shape index (κ3) is 7.34. The van der Waals surface area contributed by atoms with E-state index in [0.29, 0.717) is 22.6 Å². The van der Waals surface area contributed by atoms with Gasteiger partial charge in [-0.3, -0.25) is 19.4 Å². The number of carbonyl (C=O) groups excluding carboxylic acids is 3. The number of rotatable bonds is 10. The zero-order valence-electron chi connectivity index (χ0n) is 17.1. The Morgan fingerprint density at radius 3 is 2.13 bits per heavy atom. The standard InChI is InChI=1S/C21H24N4O5/c1-4-29-20(27)13-22-19(26)14-30-18-11-7-16(8-12-18)21(28)15-5-9-17(10-6-15)23-24-25(2)3/h5-12H,4,13-14H2,1-3H3,(H,22,26). The number of amides is 1. The summed E-state index contributed by atoms with van der Waals surface area (Å²) in [6.07, 6.45) is 0. The van der Waals surface area contributed by atoms with Crippen molar-refractivity contribution in [1.29, 1.82) is 0 Å². The number of hydrogen-bond acceptors (Lipinski definition) is 7. The van der Waals surface area contributed by atoms with Crippen LogP contribution in [0.2, 0.25) is 0 Å². The van der Waals surface area contributed by atoms with Gasteiger partial charge in [-0.2, -0.15) is 0 Å². The van der Waals surface area contributed by atoms with Crippen LogP contribution in [0, 0.1) is 0 Å². The van der Waals surface area contributed by atoms with Crippen molar-refractivity contribution < 1.29 is 23.9 Å². The highest BCUT2D eigenvalue weighted by Gasteiger charge is 2.10. The Morgan fingerprint density at radius 2 is 1.57 bits per heavy atom. The van der Waals surface area contributed by atoms with Crippen LogP contribution in [-0.2, 0) is 14.3 Å². The Bertz CT molecular complexity index is 893. The molecule has 1 N–H and O–H groups in total. The maximum Gasteiger partial charge on any atom is 0.325 e. The van der Waals surface area contributed by atoms with Gasteiger partial charge in [0.15, 0.2) is 12.4 Å². The summed E-state index contributed by atoms with van der Waals surface area (Å²) in [5.74, 6) is -0.681. The van der Waals surface area contributed by atoms with Gasteiger partial charge in [0.05, 0.1) is 12.3 Å². The lowest BCUT2D eigenvalue weighted by molar-refractivity contribution is -0.143. The molecule has 0 saturated heterocycles. The summed E-state index contributed by atoms with van der Waals surface area (Å²) in [7, 11) is 3.54. The first kappa shape index (κ1) is 22.5. The van der Waals surface area contributed by atoms with Crippen LogP contribution in [0.3, 0.4) is 0 Å². The van der Waals surface area contributed by atoms with E-state index in [1.165, 1.54) is 0 Å². The normalized spacial score (nSPS) is 10.5. The average Bonchev–Trinajstić information content (AvgIpc) is 2.75. The second-order valence-electron chi connectivity index (χ2n) is 6.31. The molecule has 9 nitrogen and oxygen atoms in total. The zero-order chi connectivity index (χ0) is 21.9. The van der Waals surface area contributed by atoms with Crippen LogP contribution in [-0.4, -0.2) is 56.5 Å². The lowest BCUT2D eigenvalue weighted by atomic mass is 10.0. The van der Waals surface area contributed by atoms with Crippen LogP contribution in [0.25, 0.3) is 0 Å². The van der Waals surface area contributed by atoms with Crippen LogP contribution in [0.15, 0.2) is 58.9 Å². The minimum atomic E-state index is -0.512. The Hall–Kier alpha value is -3.75. The van der Waals surface area contributed by atoms with Crippen LogP contribution in [0.5, 0.6) is 5.75 Å². The molecule has 0 spiro atoms. The molecule has 0 saturated carbocycles. The third-order valence-corrected chi connectivity index (χ3v) is 3.69. The summed E-state index contributed by atoms with van der Waals surface area (Å²) in [6.45, 7) is 1.47. The molecule has 9 heteroatoms. The summed E-state index contributed by atoms with van der Waals surface area (Å²) in [6, 6.07) is 13.2. The first-order valence-electron chi connectivity index (χ1n) is 9.28. The predicted octanol–water partition coefficient (Wildman–Crippen LogP) is 2.54. The van der Waals surface area contributed by atoms with Crippen LogP contribution in [0.4, 0.5) is 5.69 Å². The fraction of sp³-hybridized carbons (Fsp3) is 0.286. The molecule has 0 bridgehead atoms. The van der Waals surface area contributed by atoms with E-state index in [9.17, 15) is 14.4 Å². The monoisotopic (exact) mass is 412 g/mol. The van der Waals surface area contributed by atoms with Gasteiger partial charge in [0, 0.05) is 25.2 Å². The van der Waals surface area contributed by atoms with Gasteiger partial charge in [-0.1, -0.05) is 5.22 Å². The first-order valence-corrected chi connectivity index (χ1v) is 9.28. The number of nitrogens with one attached hydrogen (secondary N) is 1. The van der Waals surface area contributed by atoms with Gasteiger partial charge < -0.3 is 14.8 Å². The molecule has 2 aromatic carbocycles. The van der Waals surface area contributed by atoms with E-state index >= 15 is 0 Å². The Labute approximate surface area is 174 Å². The fourth-order valence-electron chi connectivity index (χ4n) is 2.27. The highest BCUT2D eigenvalue weighted by atomic mass is 16.5. The number of carbonyl (C=O) groups is 3. The van der Waals surface area contributed by atoms with E-state index in [1.54, 1.807) is 74.6 Å². The number of benzene rings is 2. The van der Waals surface area contributed by atoms with Gasteiger partial charge in [-0.05, 0) is 55.5 Å². The summed E-state index contributed by atoms with van der Waals surface area (Å²) < 4.78 is 10.1. The number of ketones is 1. The fourth-order valence-corrected chi connectivity index (χ4v) is 2.27. The Morgan fingerprint density at radius 1 is 0.967 bits per heavy atom. The van der Waals surface area contributed by atoms with E-state index < -0.39 is 11.9 Å². The maximum atomic E-state index is 12.6. The van der Waals surface area contributed by atoms with E-state index in [4.69, 9.17) is 9.47 Å². The van der Waals surface area contributed by atoms with E-state index in [2.05, 4.69) is 15.7 Å². The average molecular weight is 412 g/mol. The van der Waals surface area contributed by atoms with Crippen molar-refractivity contribution in [2.24, 2.45) is 10.3 Å². The second-order valence-corrected chi connectivity index (χ2v) is 6.31. The molecule has 0 unspecified atom stereocenters. The van der Waals surface area contributed by atoms with Gasteiger partial charge in [0.2, 0.25) is 0 Å². The molecule has 0 aliphatic heterocycles. The van der Waals surface area contributed by atoms with Gasteiger partial charge in [0.25, 0.3) is 5.91 Å². The molecule has 1 amide bonds. The van der Waals surface area contributed by atoms with Gasteiger partial charge in [-0.25, -0.2) is 0 Å². The zero-order valence-corrected chi connectivity index (χ0v) is 17.1. The van der Waals surface area contributed by atoms with Crippen molar-refractivity contribution in [2.75, 3.05) is 33.9 Å². The molecular formula is C21H24N4O5. The lowest BCUT2D eigenvalue weighted by Crippen LogP contribution is -2.34. The van der Waals surface area contributed by atoms with Crippen molar-refractivity contribution in [3.8, 4) is 5.75 Å². The van der Waals surface area contributed by atoms with Gasteiger partial charge in [0.1, 0.15) is 12.3 Å². The van der Waals surface area contributed by atoms with Crippen LogP contribution >= 0.6 is 0 Å². The van der Waals surface area contributed by atoms with Gasteiger partial charge >= 0.3 is 5.97 Å². The summed E-state index contributed by atoms with van der Waals surface area (Å²) in [5.41, 5.74) is 1.65. The van der Waals surface area contributed by atoms with Crippen LogP contribution in [0.1, 0.15) is 22.8 Å². The molecule has 0 atom stereocenters. The smallest absolute Gasteiger partial charge is 0.325 e. The quantitative estimate of drug-likeness (QED) is 0.278. The SMILES string of the molecule is CCOC(=O)CNC(=O)COc1ccc(C(=O)c2ccc(N=NN(C)C)cc2)cc1. The number of hydrogen-bond donors (Lipinski definition) is 1. The Kier molecular flexibility index (Phi) is 8.49. The second kappa shape index (κ2) is 11.3. The third-order valence-electron chi connectivity index (χ3n) is 3.69. The highest BCUT2D eigenvalue weighted by Crippen LogP contribution is 2.18. The predicted molar refractivity (Wildman–Crippen MR) is 110 cm³/mol. The summed E-state index contributed by atoms with van der Waals surface area (Å²) in [4.78, 5) is 35.5. The molecule has 0 heterocycles. The summed E-state index contributed by atoms with van der Waals surface area (Å²) >= 11 is 0. The molecule has 30 heavy (non-hydrogen) atoms. The van der Waals surface area contributed by atoms with E-state index in [1.807, 2.05) is 0 Å². The van der Waals surface area contributed by atoms with Crippen molar-refractivity contribution in [1.82, 2.24) is 10.3 Å². The molecule has 0 aliphatic carbocycles. The molecule has 0 radical (unpaired) electrons. The number of ether oxygens (including phenoxy) is 2. The molecule has 0 fully saturated rings. The first-order chi connectivity index (χ1) is 14.4. The van der Waals surface area contributed by atoms with Crippen molar-refractivity contribution >= 4 is 23.3 Å². The summed E-state index contributed by atoms with van der Waals surface area (Å²) in [5, 5.41) is 11.9. The van der Waals surface area contributed by atoms with E-state index in [-0.39, 0.29) is 25.5 Å². The molecule has 0 aliphatic rings. The lowest BCUT2D eigenvalue weighted by Gasteiger charge is -2.08. The number of esters is 1. The van der Waals surface area contributed by atoms with Crippen molar-refractivity contribution in [3.63, 3.8) is 0 Å².